The molecule has 1 aromatic rings. The summed E-state index contributed by atoms with van der Waals surface area (Å²) in [7, 11) is 2.43. The third kappa shape index (κ3) is 2.96. The van der Waals surface area contributed by atoms with Crippen LogP contribution in [0.25, 0.3) is 0 Å². The lowest BCUT2D eigenvalue weighted by atomic mass is 9.86. The molecule has 0 bridgehead atoms. The predicted molar refractivity (Wildman–Crippen MR) is 80.6 cm³/mol. The van der Waals surface area contributed by atoms with Crippen LogP contribution in [-0.2, 0) is 25.5 Å². The molecule has 0 amide bonds. The molecule has 1 radical (unpaired) electrons. The zero-order valence-corrected chi connectivity index (χ0v) is 14.5. The van der Waals surface area contributed by atoms with E-state index in [0.717, 1.165) is 0 Å². The molecule has 0 unspecified atom stereocenters. The minimum atomic E-state index is -0.717. The number of hydrogen-bond donors (Lipinski definition) is 0. The van der Waals surface area contributed by atoms with Crippen molar-refractivity contribution in [3.63, 3.8) is 0 Å². The number of hydrogen-bond acceptors (Lipinski definition) is 4. The fourth-order valence-electron chi connectivity index (χ4n) is 2.51. The topological polar surface area (TPSA) is 77.4 Å². The second-order valence-electron chi connectivity index (χ2n) is 7.22. The first kappa shape index (κ1) is 18.1. The van der Waals surface area contributed by atoms with Gasteiger partial charge in [0.05, 0.1) is 36.7 Å². The molecule has 123 valence electrons. The largest absolute Gasteiger partial charge is 0.465 e. The van der Waals surface area contributed by atoms with Gasteiger partial charge in [0.25, 0.3) is 0 Å². The Bertz CT molecular complexity index is 548. The Hall–Kier alpha value is -1.98. The molecule has 0 atom stereocenters. The lowest BCUT2D eigenvalue weighted by molar-refractivity contribution is 0.0546. The third-order valence-corrected chi connectivity index (χ3v) is 3.33. The minimum absolute atomic E-state index is 0.0122. The van der Waals surface area contributed by atoms with Gasteiger partial charge in [-0.2, -0.15) is 5.21 Å². The summed E-state index contributed by atoms with van der Waals surface area (Å²) in [4.78, 5) is 24.5. The van der Waals surface area contributed by atoms with Gasteiger partial charge in [-0.1, -0.05) is 41.5 Å². The highest BCUT2D eigenvalue weighted by atomic mass is 16.5. The van der Waals surface area contributed by atoms with Crippen molar-refractivity contribution in [2.45, 2.75) is 52.4 Å². The van der Waals surface area contributed by atoms with Gasteiger partial charge in [-0.3, -0.25) is 0 Å². The van der Waals surface area contributed by atoms with E-state index < -0.39 is 22.8 Å². The predicted octanol–water partition coefficient (Wildman–Crippen LogP) is 2.85. The molecule has 0 spiro atoms. The van der Waals surface area contributed by atoms with Crippen molar-refractivity contribution < 1.29 is 24.3 Å². The Balaban J connectivity index is 4.00. The zero-order chi connectivity index (χ0) is 17.5. The van der Waals surface area contributed by atoms with Crippen LogP contribution < -0.4 is 0 Å². The first-order valence-electron chi connectivity index (χ1n) is 7.01. The molecule has 0 saturated carbocycles. The maximum Gasteiger partial charge on any atom is 0.340 e. The highest BCUT2D eigenvalue weighted by molar-refractivity contribution is 6.05. The Morgan fingerprint density at radius 1 is 0.773 bits per heavy atom. The number of carbonyl (C=O) groups is 2. The number of esters is 2. The molecular weight excluding hydrogens is 286 g/mol. The lowest BCUT2D eigenvalue weighted by Crippen LogP contribution is -2.23. The SMILES string of the molecule is COC(=O)c1c(C(=O)OC)c(C(C)(C)C)n([O])c1C(C)(C)C. The molecule has 6 nitrogen and oxygen atoms in total. The minimum Gasteiger partial charge on any atom is -0.465 e. The third-order valence-electron chi connectivity index (χ3n) is 3.33. The van der Waals surface area contributed by atoms with E-state index >= 15 is 0 Å². The highest BCUT2D eigenvalue weighted by Gasteiger charge is 2.41. The van der Waals surface area contributed by atoms with E-state index in [1.807, 2.05) is 0 Å². The van der Waals surface area contributed by atoms with Crippen LogP contribution in [0.4, 0.5) is 0 Å². The number of methoxy groups -OCH3 is 2. The van der Waals surface area contributed by atoms with Gasteiger partial charge < -0.3 is 9.47 Å². The van der Waals surface area contributed by atoms with Gasteiger partial charge in [-0.05, 0) is 0 Å². The van der Waals surface area contributed by atoms with Gasteiger partial charge in [0.1, 0.15) is 0 Å². The van der Waals surface area contributed by atoms with Crippen LogP contribution in [0, 0.1) is 0 Å². The molecule has 0 aliphatic carbocycles. The monoisotopic (exact) mass is 310 g/mol. The van der Waals surface area contributed by atoms with Crippen LogP contribution in [0.3, 0.4) is 0 Å². The first-order chi connectivity index (χ1) is 9.87. The highest BCUT2D eigenvalue weighted by Crippen LogP contribution is 2.38. The maximum atomic E-state index is 12.8. The molecule has 1 heterocycles. The molecule has 6 heteroatoms. The van der Waals surface area contributed by atoms with Crippen LogP contribution in [0.15, 0.2) is 0 Å². The van der Waals surface area contributed by atoms with Gasteiger partial charge in [0.2, 0.25) is 0 Å². The first-order valence-corrected chi connectivity index (χ1v) is 7.01. The van der Waals surface area contributed by atoms with E-state index in [-0.39, 0.29) is 22.5 Å². The second-order valence-corrected chi connectivity index (χ2v) is 7.22. The van der Waals surface area contributed by atoms with E-state index in [9.17, 15) is 14.8 Å². The standard InChI is InChI=1S/C16H24NO5/c1-15(2,3)11-9(13(18)21-7)10(14(19)22-8)12(17(11)20)16(4,5)6/h1-8H3. The molecule has 0 aliphatic rings. The lowest BCUT2D eigenvalue weighted by Gasteiger charge is -2.22. The van der Waals surface area contributed by atoms with Crippen molar-refractivity contribution in [1.29, 1.82) is 0 Å². The normalized spacial score (nSPS) is 12.2. The van der Waals surface area contributed by atoms with E-state index in [1.165, 1.54) is 14.2 Å². The summed E-state index contributed by atoms with van der Waals surface area (Å²) >= 11 is 0. The van der Waals surface area contributed by atoms with Crippen molar-refractivity contribution in [3.8, 4) is 0 Å². The summed E-state index contributed by atoms with van der Waals surface area (Å²) in [6.45, 7) is 10.8. The average Bonchev–Trinajstić information content (AvgIpc) is 2.69. The van der Waals surface area contributed by atoms with E-state index in [0.29, 0.717) is 4.73 Å². The van der Waals surface area contributed by atoms with E-state index in [1.54, 1.807) is 41.5 Å². The van der Waals surface area contributed by atoms with Crippen molar-refractivity contribution in [2.24, 2.45) is 0 Å². The van der Waals surface area contributed by atoms with Crippen LogP contribution in [0.5, 0.6) is 0 Å². The van der Waals surface area contributed by atoms with Crippen LogP contribution in [0.2, 0.25) is 0 Å². The van der Waals surface area contributed by atoms with Gasteiger partial charge in [0, 0.05) is 10.8 Å². The van der Waals surface area contributed by atoms with Crippen molar-refractivity contribution in [1.82, 2.24) is 4.73 Å². The average molecular weight is 310 g/mol. The van der Waals surface area contributed by atoms with E-state index in [4.69, 9.17) is 9.47 Å². The number of carbonyl (C=O) groups excluding carboxylic acids is 2. The molecule has 0 saturated heterocycles. The molecule has 1 aromatic heterocycles. The molecule has 0 aromatic carbocycles. The number of nitrogens with zero attached hydrogens (tertiary/aromatic N) is 1. The quantitative estimate of drug-likeness (QED) is 0.787. The van der Waals surface area contributed by atoms with Gasteiger partial charge >= 0.3 is 11.9 Å². The zero-order valence-electron chi connectivity index (χ0n) is 14.5. The molecule has 0 N–H and O–H groups in total. The second kappa shape index (κ2) is 5.66. The number of rotatable bonds is 2. The Labute approximate surface area is 131 Å². The van der Waals surface area contributed by atoms with Gasteiger partial charge in [-0.25, -0.2) is 9.59 Å². The van der Waals surface area contributed by atoms with E-state index in [2.05, 4.69) is 0 Å². The van der Waals surface area contributed by atoms with Crippen LogP contribution in [0.1, 0.15) is 73.6 Å². The smallest absolute Gasteiger partial charge is 0.340 e. The van der Waals surface area contributed by atoms with Crippen molar-refractivity contribution >= 4 is 11.9 Å². The summed E-state index contributed by atoms with van der Waals surface area (Å²) < 4.78 is 10.3. The van der Waals surface area contributed by atoms with Crippen molar-refractivity contribution in [3.05, 3.63) is 22.5 Å². The Morgan fingerprint density at radius 2 is 1.05 bits per heavy atom. The summed E-state index contributed by atoms with van der Waals surface area (Å²) in [5, 5.41) is 12.8. The fraction of sp³-hybridized carbons (Fsp3) is 0.625. The maximum absolute atomic E-state index is 12.8. The molecule has 1 rings (SSSR count). The summed E-state index contributed by atoms with van der Waals surface area (Å²) in [6.07, 6.45) is 0. The molecule has 0 aliphatic heterocycles. The summed E-state index contributed by atoms with van der Waals surface area (Å²) in [5.41, 5.74) is -0.882. The molecule has 22 heavy (non-hydrogen) atoms. The summed E-state index contributed by atoms with van der Waals surface area (Å²) in [5.74, 6) is -1.43. The molecule has 0 fully saturated rings. The van der Waals surface area contributed by atoms with Gasteiger partial charge in [-0.15, -0.1) is 4.73 Å². The number of ether oxygens (including phenoxy) is 2. The van der Waals surface area contributed by atoms with Gasteiger partial charge in [0.15, 0.2) is 0 Å². The molecular formula is C16H24NO5. The Morgan fingerprint density at radius 3 is 1.23 bits per heavy atom. The number of aromatic nitrogens is 1. The summed E-state index contributed by atoms with van der Waals surface area (Å²) in [6, 6.07) is 0. The fourth-order valence-corrected chi connectivity index (χ4v) is 2.51. The Kier molecular flexibility index (Phi) is 4.65. The van der Waals surface area contributed by atoms with Crippen LogP contribution in [-0.4, -0.2) is 30.9 Å². The van der Waals surface area contributed by atoms with Crippen molar-refractivity contribution in [2.75, 3.05) is 14.2 Å². The van der Waals surface area contributed by atoms with Crippen LogP contribution >= 0.6 is 0 Å².